The van der Waals surface area contributed by atoms with Crippen LogP contribution in [0.2, 0.25) is 0 Å². The summed E-state index contributed by atoms with van der Waals surface area (Å²) in [6.45, 7) is 2.51. The van der Waals surface area contributed by atoms with Crippen LogP contribution in [0.5, 0.6) is 0 Å². The van der Waals surface area contributed by atoms with Gasteiger partial charge in [0, 0.05) is 128 Å². The molecule has 3 saturated carbocycles. The van der Waals surface area contributed by atoms with Gasteiger partial charge < -0.3 is 114 Å². The molecule has 0 spiro atoms. The number of nitrogen functional groups attached to an aromatic ring is 1. The Kier molecular flexibility index (Phi) is 46.4. The van der Waals surface area contributed by atoms with Crippen molar-refractivity contribution in [3.8, 4) is 0 Å². The fraction of sp³-hybridized carbons (Fsp3) is 0.660. The molecular weight excluding hydrogens is 1790 g/mol. The van der Waals surface area contributed by atoms with Crippen LogP contribution in [0.1, 0.15) is 92.4 Å². The van der Waals surface area contributed by atoms with Crippen LogP contribution < -0.4 is 56.0 Å². The third-order valence-corrected chi connectivity index (χ3v) is 14.1. The van der Waals surface area contributed by atoms with Gasteiger partial charge in [-0.2, -0.15) is 9.97 Å². The Bertz CT molecular complexity index is 2900. The monoisotopic (exact) mass is 1880 g/mol. The maximum absolute atomic E-state index is 12.5. The number of aromatic nitrogens is 8. The average Bonchev–Trinajstić information content (AvgIpc) is 1.65. The topological polar surface area (TPSA) is 662 Å². The van der Waals surface area contributed by atoms with Crippen molar-refractivity contribution >= 4 is 76.8 Å². The molecule has 93 heavy (non-hydrogen) atoms. The van der Waals surface area contributed by atoms with E-state index >= 15 is 0 Å². The Morgan fingerprint density at radius 1 is 0.591 bits per heavy atom. The van der Waals surface area contributed by atoms with E-state index in [1.54, 1.807) is 7.11 Å². The second-order valence-electron chi connectivity index (χ2n) is 20.0. The zero-order chi connectivity index (χ0) is 67.2. The molecule has 43 heteroatoms. The summed E-state index contributed by atoms with van der Waals surface area (Å²) in [5, 5.41) is 68.7. The quantitative estimate of drug-likeness (QED) is 0.0468. The molecule has 4 aromatic heterocycles. The number of carbonyl (C=O) groups is 7. The van der Waals surface area contributed by atoms with Crippen LogP contribution in [0.3, 0.4) is 0 Å². The zero-order valence-electron chi connectivity index (χ0n) is 53.1. The molecule has 2 aliphatic heterocycles. The standard InChI is InChI=1S/C18H29N7O5.C12H17N5O5.C7H16N2.C6H14N2.3C2H2O4.CH2O.H2O.3Pt/c1-28-7-11-14(29-2)13(26)17(30-11)25-8-20-12-15(25)21-18(22-16(12)27)24-23-10-6-4-3-5-9(10)19;1-20-3-5-8(21-2)7(18)11(22-5)17-4-14-6-9(17)15-12(13)16-10(6)19;1-9-7-5-3-2-4-6(7)8;7-5-3-1-2-4-6(5)8;3*3-1(4)2(5)6;1-2;;;;/h8-11,13-14,17,23,26H,3-7,19H2,1-2H3,(H2,21,22,24,27);4-5,7-8,11,18H,3H2,1-2H3,(H3,13,15,16,19);6-7,9H,2-5,8H2,1H3;5-6H,1-4,7-8H2;3*(H,3,4)(H,5,6);1H2;1H2;;;/p+2/t9-,10-,11?,13?,14?,17?;;6-,7-;5-,6-;;;;;;;;/m1.11......../s1. The smallest absolute Gasteiger partial charge is 0.473 e. The summed E-state index contributed by atoms with van der Waals surface area (Å²) in [4.78, 5) is 109. The molecule has 3 aliphatic carbocycles. The molecule has 0 bridgehead atoms. The van der Waals surface area contributed by atoms with E-state index in [4.69, 9.17) is 121 Å². The van der Waals surface area contributed by atoms with Gasteiger partial charge in [-0.05, 0) is 45.6 Å². The number of rotatable bonds is 12. The van der Waals surface area contributed by atoms with E-state index in [2.05, 4.69) is 46.1 Å². The van der Waals surface area contributed by atoms with Gasteiger partial charge in [0.15, 0.2) is 34.8 Å². The number of anilines is 2. The molecule has 0 aromatic carbocycles. The van der Waals surface area contributed by atoms with Crippen LogP contribution in [0, 0.1) is 0 Å². The molecule has 2 saturated heterocycles. The first kappa shape index (κ1) is 91.4. The molecule has 6 heterocycles. The first-order valence-electron chi connectivity index (χ1n) is 27.5. The van der Waals surface area contributed by atoms with Gasteiger partial charge in [0.25, 0.3) is 11.1 Å². The van der Waals surface area contributed by atoms with Gasteiger partial charge in [0.2, 0.25) is 11.9 Å². The van der Waals surface area contributed by atoms with Gasteiger partial charge in [0.05, 0.1) is 25.9 Å². The summed E-state index contributed by atoms with van der Waals surface area (Å²) in [6.07, 6.45) is 11.2. The number of aliphatic hydroxyl groups is 2. The van der Waals surface area contributed by atoms with Gasteiger partial charge in [-0.25, -0.2) is 44.2 Å². The van der Waals surface area contributed by atoms with E-state index in [0.29, 0.717) is 12.1 Å². The second-order valence-corrected chi connectivity index (χ2v) is 20.0. The summed E-state index contributed by atoms with van der Waals surface area (Å²) in [6, 6.07) is 1.68. The summed E-state index contributed by atoms with van der Waals surface area (Å²) in [5.74, 6) is -10.8. The normalized spacial score (nSPS) is 25.5. The predicted octanol–water partition coefficient (Wildman–Crippen LogP) is -4.79. The summed E-state index contributed by atoms with van der Waals surface area (Å²) in [7, 11) is 8.06. The van der Waals surface area contributed by atoms with Gasteiger partial charge in [-0.3, -0.25) is 34.1 Å². The number of fused-ring (bicyclic) bond motifs is 2. The summed E-state index contributed by atoms with van der Waals surface area (Å²) >= 11 is 0. The average molecular weight is 1880 g/mol. The molecule has 9 rings (SSSR count). The van der Waals surface area contributed by atoms with Crippen molar-refractivity contribution in [2.45, 2.75) is 162 Å². The first-order valence-corrected chi connectivity index (χ1v) is 27.5. The fourth-order valence-electron chi connectivity index (χ4n) is 9.58. The van der Waals surface area contributed by atoms with Crippen molar-refractivity contribution in [3.05, 3.63) is 33.4 Å². The Morgan fingerprint density at radius 2 is 0.925 bits per heavy atom. The van der Waals surface area contributed by atoms with E-state index in [-0.39, 0.29) is 143 Å². The number of carboxylic acid groups (broad SMARTS) is 6. The van der Waals surface area contributed by atoms with Crippen molar-refractivity contribution < 1.29 is 174 Å². The van der Waals surface area contributed by atoms with Gasteiger partial charge in [-0.1, -0.05) is 38.5 Å². The number of aliphatic carboxylic acids is 6. The van der Waals surface area contributed by atoms with Gasteiger partial charge in [-0.15, -0.1) is 0 Å². The maximum atomic E-state index is 12.5. The third-order valence-electron chi connectivity index (χ3n) is 14.1. The van der Waals surface area contributed by atoms with Crippen LogP contribution in [0.25, 0.3) is 22.3 Å². The summed E-state index contributed by atoms with van der Waals surface area (Å²) < 4.78 is 35.6. The largest absolute Gasteiger partial charge is 1.00 e. The van der Waals surface area contributed by atoms with Gasteiger partial charge >= 0.3 is 38.7 Å². The zero-order valence-corrected chi connectivity index (χ0v) is 57.9. The second kappa shape index (κ2) is 47.2. The number of aromatic amines is 2. The third kappa shape index (κ3) is 28.6. The molecule has 0 amide bonds. The molecule has 0 radical (unpaired) electrons. The molecule has 14 atom stereocenters. The Hall–Kier alpha value is -5.75. The van der Waals surface area contributed by atoms with Crippen LogP contribution in [0.4, 0.5) is 11.9 Å². The minimum Gasteiger partial charge on any atom is -0.473 e. The van der Waals surface area contributed by atoms with E-state index in [9.17, 15) is 19.8 Å². The first-order chi connectivity index (χ1) is 42.2. The number of carboxylic acids is 6. The number of hydrogen-bond donors (Lipinski definition) is 18. The number of imidazole rings is 2. The Balaban J connectivity index is -0.000000364. The predicted molar refractivity (Wildman–Crippen MR) is 315 cm³/mol. The number of nitrogens with one attached hydrogen (secondary N) is 5. The van der Waals surface area contributed by atoms with Crippen LogP contribution in [-0.4, -0.2) is 250 Å². The van der Waals surface area contributed by atoms with Crippen molar-refractivity contribution in [2.75, 3.05) is 59.9 Å². The van der Waals surface area contributed by atoms with E-state index < -0.39 is 96.0 Å². The number of H-pyrrole nitrogens is 2. The van der Waals surface area contributed by atoms with Gasteiger partial charge in [0.1, 0.15) is 43.4 Å². The van der Waals surface area contributed by atoms with Crippen LogP contribution in [-0.2, 0) is 125 Å². The minimum atomic E-state index is -1.82. The Morgan fingerprint density at radius 3 is 1.24 bits per heavy atom. The Labute approximate surface area is 576 Å². The molecule has 540 valence electrons. The fourth-order valence-corrected chi connectivity index (χ4v) is 9.58. The molecule has 5 aliphatic rings. The number of aliphatic hydroxyl groups excluding tert-OH is 2. The number of hydrazine groups is 1. The molecule has 4 aromatic rings. The van der Waals surface area contributed by atoms with E-state index in [1.165, 1.54) is 81.6 Å². The van der Waals surface area contributed by atoms with Crippen LogP contribution in [0.15, 0.2) is 22.2 Å². The maximum Gasteiger partial charge on any atom is 1.00 e. The number of hydrogen-bond acceptors (Lipinski definition) is 29. The van der Waals surface area contributed by atoms with Crippen molar-refractivity contribution in [1.29, 1.82) is 0 Å². The SMILES string of the molecule is C=O.CN[C@@H]1CCCC[C@H]1N.COCC1OC(n2cnc3c(=O)[nH]c(N)nc32)C(O)C1OC.COCC1OC(n2cnc3c(=O)[nH]c(NN[C@@H]4CCCC[C@H]4N)nc32)C(O)C1OC.N[C@@H]1CCCC[C@H]1N.O.O=C(O)C(=O)O.O=C(O)C(=O)O.O=C(O)C(=O)O.[H+].[H+].[Pt].[Pt].[Pt]. The molecule has 25 N–H and O–H groups in total. The van der Waals surface area contributed by atoms with E-state index in [1.807, 2.05) is 13.8 Å². The molecule has 8 unspecified atom stereocenters. The van der Waals surface area contributed by atoms with Crippen molar-refractivity contribution in [2.24, 2.45) is 22.9 Å². The minimum absolute atomic E-state index is 0. The van der Waals surface area contributed by atoms with Crippen LogP contribution >= 0.6 is 0 Å². The summed E-state index contributed by atoms with van der Waals surface area (Å²) in [5.41, 5.74) is 34.9. The van der Waals surface area contributed by atoms with Crippen molar-refractivity contribution in [3.63, 3.8) is 0 Å². The number of likely N-dealkylation sites (N-methyl/N-ethyl adjacent to an activating group) is 1. The number of carbonyl (C=O) groups excluding carboxylic acids is 1. The van der Waals surface area contributed by atoms with Crippen molar-refractivity contribution in [1.82, 2.24) is 49.8 Å². The number of methoxy groups -OCH3 is 4. The molecule has 40 nitrogen and oxygen atoms in total. The molecule has 5 fully saturated rings. The molecular formula is C50H88N16O24Pt3+2. The number of nitrogens with zero attached hydrogens (tertiary/aromatic N) is 6. The number of nitrogens with two attached hydrogens (primary N) is 5. The van der Waals surface area contributed by atoms with E-state index in [0.717, 1.165) is 38.5 Å². The number of ether oxygens (including phenoxy) is 6.